The summed E-state index contributed by atoms with van der Waals surface area (Å²) >= 11 is 0. The molecule has 11 nitrogen and oxygen atoms in total. The summed E-state index contributed by atoms with van der Waals surface area (Å²) in [6.07, 6.45) is 0.513. The van der Waals surface area contributed by atoms with Gasteiger partial charge in [0.15, 0.2) is 0 Å². The van der Waals surface area contributed by atoms with Crippen molar-refractivity contribution in [2.24, 2.45) is 5.14 Å². The Kier molecular flexibility index (Phi) is 8.61. The van der Waals surface area contributed by atoms with Gasteiger partial charge in [0.2, 0.25) is 21.8 Å². The van der Waals surface area contributed by atoms with E-state index in [4.69, 9.17) is 5.14 Å². The summed E-state index contributed by atoms with van der Waals surface area (Å²) in [6, 6.07) is 18.8. The Bertz CT molecular complexity index is 1510. The summed E-state index contributed by atoms with van der Waals surface area (Å²) in [4.78, 5) is 51.3. The van der Waals surface area contributed by atoms with Crippen LogP contribution in [0, 0.1) is 0 Å². The van der Waals surface area contributed by atoms with Gasteiger partial charge in [-0.05, 0) is 53.9 Å². The van der Waals surface area contributed by atoms with Crippen molar-refractivity contribution in [2.45, 2.75) is 42.8 Å². The lowest BCUT2D eigenvalue weighted by atomic mass is 10.0. The first-order valence-corrected chi connectivity index (χ1v) is 14.0. The van der Waals surface area contributed by atoms with Crippen LogP contribution in [0.15, 0.2) is 83.8 Å². The molecule has 0 saturated carbocycles. The third-order valence-corrected chi connectivity index (χ3v) is 7.47. The number of sulfonamides is 1. The molecular formula is C28H28N4O7S. The second kappa shape index (κ2) is 12.1. The highest BCUT2D eigenvalue weighted by Gasteiger charge is 2.37. The minimum Gasteiger partial charge on any atom is -0.480 e. The highest BCUT2D eigenvalue weighted by molar-refractivity contribution is 7.89. The van der Waals surface area contributed by atoms with E-state index in [9.17, 15) is 32.7 Å². The van der Waals surface area contributed by atoms with Gasteiger partial charge in [-0.3, -0.25) is 14.4 Å². The second-order valence-electron chi connectivity index (χ2n) is 9.39. The number of hydrogen-bond acceptors (Lipinski definition) is 6. The van der Waals surface area contributed by atoms with E-state index >= 15 is 0 Å². The SMILES string of the molecule is NS(=O)(=O)c1ccc(C(=O)Nc2ccc(C[C@H](NC(=O)C3CCC(=O)N3Cc3ccccc3)C(=O)O)cc2)cc1. The van der Waals surface area contributed by atoms with Gasteiger partial charge in [-0.1, -0.05) is 42.5 Å². The lowest BCUT2D eigenvalue weighted by molar-refractivity contribution is -0.143. The standard InChI is InChI=1S/C28H28N4O7S/c29-40(38,39)22-12-8-20(9-13-22)26(34)30-21-10-6-18(7-11-21)16-23(28(36)37)31-27(35)24-14-15-25(33)32(24)17-19-4-2-1-3-5-19/h1-13,23-24H,14-17H2,(H,30,34)(H,31,35)(H,36,37)(H2,29,38,39)/t23-,24?/m0/s1. The fourth-order valence-electron chi connectivity index (χ4n) is 4.41. The van der Waals surface area contributed by atoms with E-state index in [2.05, 4.69) is 10.6 Å². The number of primary sulfonamides is 1. The number of hydrogen-bond donors (Lipinski definition) is 4. The van der Waals surface area contributed by atoms with Gasteiger partial charge in [0.05, 0.1) is 4.90 Å². The molecule has 1 aliphatic rings. The molecule has 40 heavy (non-hydrogen) atoms. The first-order valence-electron chi connectivity index (χ1n) is 12.4. The van der Waals surface area contributed by atoms with Crippen LogP contribution in [0.4, 0.5) is 5.69 Å². The van der Waals surface area contributed by atoms with Crippen LogP contribution in [0.2, 0.25) is 0 Å². The number of anilines is 1. The van der Waals surface area contributed by atoms with Crippen molar-refractivity contribution >= 4 is 39.4 Å². The van der Waals surface area contributed by atoms with E-state index in [0.29, 0.717) is 17.7 Å². The number of amides is 3. The van der Waals surface area contributed by atoms with Crippen molar-refractivity contribution in [3.05, 3.63) is 95.6 Å². The molecule has 1 saturated heterocycles. The zero-order chi connectivity index (χ0) is 28.9. The molecule has 12 heteroatoms. The molecule has 208 valence electrons. The quantitative estimate of drug-likeness (QED) is 0.291. The van der Waals surface area contributed by atoms with E-state index in [-0.39, 0.29) is 35.8 Å². The molecule has 0 bridgehead atoms. The minimum atomic E-state index is -3.87. The van der Waals surface area contributed by atoms with Crippen LogP contribution in [-0.4, -0.2) is 54.2 Å². The number of carbonyl (C=O) groups is 4. The minimum absolute atomic E-state index is 0.0102. The lowest BCUT2D eigenvalue weighted by Crippen LogP contribution is -2.50. The van der Waals surface area contributed by atoms with Crippen molar-refractivity contribution in [3.8, 4) is 0 Å². The first kappa shape index (κ1) is 28.5. The third kappa shape index (κ3) is 7.10. The van der Waals surface area contributed by atoms with E-state index in [1.165, 1.54) is 29.2 Å². The molecule has 0 radical (unpaired) electrons. The Balaban J connectivity index is 1.37. The largest absolute Gasteiger partial charge is 0.480 e. The van der Waals surface area contributed by atoms with E-state index < -0.39 is 39.9 Å². The van der Waals surface area contributed by atoms with Crippen LogP contribution in [0.1, 0.15) is 34.3 Å². The molecule has 0 aromatic heterocycles. The second-order valence-corrected chi connectivity index (χ2v) is 10.9. The molecule has 0 spiro atoms. The van der Waals surface area contributed by atoms with Crippen molar-refractivity contribution < 1.29 is 32.7 Å². The predicted octanol–water partition coefficient (Wildman–Crippen LogP) is 1.89. The van der Waals surface area contributed by atoms with Crippen LogP contribution in [0.25, 0.3) is 0 Å². The number of nitrogens with one attached hydrogen (secondary N) is 2. The Hall–Kier alpha value is -4.55. The lowest BCUT2D eigenvalue weighted by Gasteiger charge is -2.26. The topological polar surface area (TPSA) is 176 Å². The maximum atomic E-state index is 13.0. The summed E-state index contributed by atoms with van der Waals surface area (Å²) < 4.78 is 22.8. The average Bonchev–Trinajstić information content (AvgIpc) is 3.29. The van der Waals surface area contributed by atoms with Gasteiger partial charge in [-0.15, -0.1) is 0 Å². The average molecular weight is 565 g/mol. The molecule has 3 aromatic carbocycles. The fourth-order valence-corrected chi connectivity index (χ4v) is 4.93. The van der Waals surface area contributed by atoms with Gasteiger partial charge in [0.25, 0.3) is 5.91 Å². The number of rotatable bonds is 10. The molecular weight excluding hydrogens is 536 g/mol. The number of aliphatic carboxylic acids is 1. The molecule has 5 N–H and O–H groups in total. The van der Waals surface area contributed by atoms with Crippen LogP contribution < -0.4 is 15.8 Å². The molecule has 1 heterocycles. The molecule has 1 fully saturated rings. The highest BCUT2D eigenvalue weighted by Crippen LogP contribution is 2.22. The maximum absolute atomic E-state index is 13.0. The third-order valence-electron chi connectivity index (χ3n) is 6.54. The van der Waals surface area contributed by atoms with E-state index in [0.717, 1.165) is 5.56 Å². The van der Waals surface area contributed by atoms with Gasteiger partial charge >= 0.3 is 5.97 Å². The first-order chi connectivity index (χ1) is 19.0. The van der Waals surface area contributed by atoms with Crippen molar-refractivity contribution in [3.63, 3.8) is 0 Å². The van der Waals surface area contributed by atoms with Gasteiger partial charge in [0.1, 0.15) is 12.1 Å². The molecule has 4 rings (SSSR count). The van der Waals surface area contributed by atoms with Gasteiger partial charge in [0, 0.05) is 30.6 Å². The number of nitrogens with zero attached hydrogens (tertiary/aromatic N) is 1. The van der Waals surface area contributed by atoms with Crippen LogP contribution in [0.5, 0.6) is 0 Å². The maximum Gasteiger partial charge on any atom is 0.326 e. The predicted molar refractivity (Wildman–Crippen MR) is 145 cm³/mol. The van der Waals surface area contributed by atoms with Crippen molar-refractivity contribution in [2.75, 3.05) is 5.32 Å². The molecule has 1 aliphatic heterocycles. The van der Waals surface area contributed by atoms with Crippen molar-refractivity contribution in [1.82, 2.24) is 10.2 Å². The Morgan fingerprint density at radius 3 is 2.20 bits per heavy atom. The highest BCUT2D eigenvalue weighted by atomic mass is 32.2. The molecule has 2 atom stereocenters. The van der Waals surface area contributed by atoms with Crippen LogP contribution in [0.3, 0.4) is 0 Å². The summed E-state index contributed by atoms with van der Waals surface area (Å²) in [5.41, 5.74) is 2.13. The molecule has 3 aromatic rings. The number of nitrogens with two attached hydrogens (primary N) is 1. The van der Waals surface area contributed by atoms with Gasteiger partial charge < -0.3 is 20.6 Å². The number of carboxylic acids is 1. The molecule has 0 aliphatic carbocycles. The summed E-state index contributed by atoms with van der Waals surface area (Å²) in [7, 11) is -3.87. The van der Waals surface area contributed by atoms with Crippen LogP contribution >= 0.6 is 0 Å². The number of carbonyl (C=O) groups excluding carboxylic acids is 3. The number of benzene rings is 3. The summed E-state index contributed by atoms with van der Waals surface area (Å²) in [5.74, 6) is -2.37. The monoisotopic (exact) mass is 564 g/mol. The summed E-state index contributed by atoms with van der Waals surface area (Å²) in [6.45, 7) is 0.263. The van der Waals surface area contributed by atoms with Crippen molar-refractivity contribution in [1.29, 1.82) is 0 Å². The fraction of sp³-hybridized carbons (Fsp3) is 0.214. The number of likely N-dealkylation sites (tertiary alicyclic amines) is 1. The molecule has 1 unspecified atom stereocenters. The summed E-state index contributed by atoms with van der Waals surface area (Å²) in [5, 5.41) is 20.1. The Morgan fingerprint density at radius 2 is 1.60 bits per heavy atom. The Morgan fingerprint density at radius 1 is 0.950 bits per heavy atom. The van der Waals surface area contributed by atoms with Gasteiger partial charge in [-0.2, -0.15) is 0 Å². The zero-order valence-electron chi connectivity index (χ0n) is 21.3. The molecule has 3 amide bonds. The zero-order valence-corrected chi connectivity index (χ0v) is 22.1. The van der Waals surface area contributed by atoms with E-state index in [1.807, 2.05) is 30.3 Å². The van der Waals surface area contributed by atoms with E-state index in [1.54, 1.807) is 24.3 Å². The van der Waals surface area contributed by atoms with Gasteiger partial charge in [-0.25, -0.2) is 18.4 Å². The Labute approximate surface area is 231 Å². The normalized spacial score (nSPS) is 15.9. The number of carboxylic acid groups (broad SMARTS) is 1. The van der Waals surface area contributed by atoms with Crippen LogP contribution in [-0.2, 0) is 37.4 Å². The smallest absolute Gasteiger partial charge is 0.326 e.